The summed E-state index contributed by atoms with van der Waals surface area (Å²) >= 11 is 1.77. The molecule has 6 heteroatoms. The van der Waals surface area contributed by atoms with Gasteiger partial charge in [-0.1, -0.05) is 18.2 Å². The SMILES string of the molecule is COc1ccc(Nc2nc(NCCc3cccs3)c3ccccc3n2)cc1. The van der Waals surface area contributed by atoms with Crippen LogP contribution in [0.5, 0.6) is 5.75 Å². The van der Waals surface area contributed by atoms with E-state index in [1.165, 1.54) is 4.88 Å². The van der Waals surface area contributed by atoms with Gasteiger partial charge in [0.1, 0.15) is 11.6 Å². The van der Waals surface area contributed by atoms with Gasteiger partial charge in [-0.25, -0.2) is 4.98 Å². The van der Waals surface area contributed by atoms with Gasteiger partial charge in [-0.05, 0) is 54.3 Å². The van der Waals surface area contributed by atoms with Crippen molar-refractivity contribution in [2.24, 2.45) is 0 Å². The molecule has 2 aromatic carbocycles. The standard InChI is InChI=1S/C21H20N4OS/c1-26-16-10-8-15(9-11-16)23-21-24-19-7-3-2-6-18(19)20(25-21)22-13-12-17-5-4-14-27-17/h2-11,14H,12-13H2,1H3,(H2,22,23,24,25). The summed E-state index contributed by atoms with van der Waals surface area (Å²) in [7, 11) is 1.66. The lowest BCUT2D eigenvalue weighted by Crippen LogP contribution is -2.08. The third-order valence-electron chi connectivity index (χ3n) is 4.19. The van der Waals surface area contributed by atoms with Crippen molar-refractivity contribution in [3.8, 4) is 5.75 Å². The molecule has 0 fully saturated rings. The molecule has 2 N–H and O–H groups in total. The van der Waals surface area contributed by atoms with Crippen LogP contribution >= 0.6 is 11.3 Å². The minimum absolute atomic E-state index is 0.567. The van der Waals surface area contributed by atoms with Crippen molar-refractivity contribution in [2.45, 2.75) is 6.42 Å². The molecule has 0 saturated carbocycles. The summed E-state index contributed by atoms with van der Waals surface area (Å²) in [5, 5.41) is 9.86. The number of rotatable bonds is 7. The average Bonchev–Trinajstić information content (AvgIpc) is 3.22. The fourth-order valence-electron chi connectivity index (χ4n) is 2.83. The fourth-order valence-corrected chi connectivity index (χ4v) is 3.54. The molecule has 27 heavy (non-hydrogen) atoms. The van der Waals surface area contributed by atoms with E-state index < -0.39 is 0 Å². The molecule has 2 aromatic heterocycles. The largest absolute Gasteiger partial charge is 0.497 e. The smallest absolute Gasteiger partial charge is 0.229 e. The Hall–Kier alpha value is -3.12. The number of methoxy groups -OCH3 is 1. The van der Waals surface area contributed by atoms with Crippen LogP contribution in [0.15, 0.2) is 66.0 Å². The third-order valence-corrected chi connectivity index (χ3v) is 5.13. The van der Waals surface area contributed by atoms with Gasteiger partial charge in [-0.3, -0.25) is 0 Å². The summed E-state index contributed by atoms with van der Waals surface area (Å²) in [5.74, 6) is 2.22. The Balaban J connectivity index is 1.57. The van der Waals surface area contributed by atoms with Gasteiger partial charge in [0.15, 0.2) is 0 Å². The van der Waals surface area contributed by atoms with Crippen LogP contribution in [-0.4, -0.2) is 23.6 Å². The monoisotopic (exact) mass is 376 g/mol. The zero-order valence-corrected chi connectivity index (χ0v) is 15.8. The number of aromatic nitrogens is 2. The molecule has 0 aliphatic carbocycles. The molecule has 0 radical (unpaired) electrons. The molecule has 0 atom stereocenters. The lowest BCUT2D eigenvalue weighted by molar-refractivity contribution is 0.415. The van der Waals surface area contributed by atoms with Crippen LogP contribution in [0.4, 0.5) is 17.5 Å². The Morgan fingerprint density at radius 3 is 2.59 bits per heavy atom. The second-order valence-corrected chi connectivity index (χ2v) is 7.05. The molecular weight excluding hydrogens is 356 g/mol. The highest BCUT2D eigenvalue weighted by Gasteiger charge is 2.08. The van der Waals surface area contributed by atoms with E-state index in [2.05, 4.69) is 33.1 Å². The second kappa shape index (κ2) is 8.05. The number of nitrogens with one attached hydrogen (secondary N) is 2. The number of anilines is 3. The van der Waals surface area contributed by atoms with E-state index in [0.29, 0.717) is 5.95 Å². The maximum atomic E-state index is 5.20. The van der Waals surface area contributed by atoms with E-state index in [0.717, 1.165) is 41.1 Å². The first-order valence-corrected chi connectivity index (χ1v) is 9.64. The van der Waals surface area contributed by atoms with Gasteiger partial charge in [0, 0.05) is 22.5 Å². The topological polar surface area (TPSA) is 59.1 Å². The van der Waals surface area contributed by atoms with E-state index in [1.54, 1.807) is 18.4 Å². The summed E-state index contributed by atoms with van der Waals surface area (Å²) < 4.78 is 5.20. The summed E-state index contributed by atoms with van der Waals surface area (Å²) in [6.45, 7) is 0.823. The highest BCUT2D eigenvalue weighted by Crippen LogP contribution is 2.24. The normalized spacial score (nSPS) is 10.7. The summed E-state index contributed by atoms with van der Waals surface area (Å²) in [6.07, 6.45) is 0.969. The van der Waals surface area contributed by atoms with Gasteiger partial charge in [-0.15, -0.1) is 11.3 Å². The van der Waals surface area contributed by atoms with Crippen molar-refractivity contribution in [1.82, 2.24) is 9.97 Å². The molecule has 0 amide bonds. The average molecular weight is 376 g/mol. The van der Waals surface area contributed by atoms with Gasteiger partial charge < -0.3 is 15.4 Å². The predicted molar refractivity (Wildman–Crippen MR) is 112 cm³/mol. The zero-order chi connectivity index (χ0) is 18.5. The Bertz CT molecular complexity index is 1020. The van der Waals surface area contributed by atoms with E-state index >= 15 is 0 Å². The molecule has 0 bridgehead atoms. The van der Waals surface area contributed by atoms with Gasteiger partial charge in [0.25, 0.3) is 0 Å². The van der Waals surface area contributed by atoms with Crippen molar-refractivity contribution in [2.75, 3.05) is 24.3 Å². The Kier molecular flexibility index (Phi) is 5.16. The predicted octanol–water partition coefficient (Wildman–Crippen LogP) is 5.10. The zero-order valence-electron chi connectivity index (χ0n) is 15.0. The molecule has 0 unspecified atom stereocenters. The third kappa shape index (κ3) is 4.17. The molecule has 2 heterocycles. The number of fused-ring (bicyclic) bond motifs is 1. The van der Waals surface area contributed by atoms with Crippen molar-refractivity contribution in [3.63, 3.8) is 0 Å². The number of hydrogen-bond donors (Lipinski definition) is 2. The fraction of sp³-hybridized carbons (Fsp3) is 0.143. The molecule has 5 nitrogen and oxygen atoms in total. The van der Waals surface area contributed by atoms with Gasteiger partial charge in [-0.2, -0.15) is 4.98 Å². The van der Waals surface area contributed by atoms with Crippen LogP contribution < -0.4 is 15.4 Å². The number of nitrogens with zero attached hydrogens (tertiary/aromatic N) is 2. The number of ether oxygens (including phenoxy) is 1. The van der Waals surface area contributed by atoms with Crippen LogP contribution in [0.25, 0.3) is 10.9 Å². The molecule has 0 aliphatic heterocycles. The van der Waals surface area contributed by atoms with Crippen molar-refractivity contribution in [3.05, 3.63) is 70.9 Å². The van der Waals surface area contributed by atoms with Crippen LogP contribution in [0.2, 0.25) is 0 Å². The van der Waals surface area contributed by atoms with Gasteiger partial charge in [0.05, 0.1) is 12.6 Å². The minimum Gasteiger partial charge on any atom is -0.497 e. The molecule has 0 spiro atoms. The van der Waals surface area contributed by atoms with Gasteiger partial charge >= 0.3 is 0 Å². The van der Waals surface area contributed by atoms with E-state index in [9.17, 15) is 0 Å². The minimum atomic E-state index is 0.567. The van der Waals surface area contributed by atoms with Crippen LogP contribution in [0.1, 0.15) is 4.88 Å². The molecular formula is C21H20N4OS. The van der Waals surface area contributed by atoms with Crippen molar-refractivity contribution < 1.29 is 4.74 Å². The maximum absolute atomic E-state index is 5.20. The van der Waals surface area contributed by atoms with Gasteiger partial charge in [0.2, 0.25) is 5.95 Å². The first kappa shape index (κ1) is 17.3. The number of thiophene rings is 1. The molecule has 0 saturated heterocycles. The van der Waals surface area contributed by atoms with E-state index in [-0.39, 0.29) is 0 Å². The molecule has 4 rings (SSSR count). The Morgan fingerprint density at radius 1 is 0.963 bits per heavy atom. The molecule has 0 aliphatic rings. The number of para-hydroxylation sites is 1. The highest BCUT2D eigenvalue weighted by molar-refractivity contribution is 7.09. The summed E-state index contributed by atoms with van der Waals surface area (Å²) in [6, 6.07) is 20.0. The molecule has 4 aromatic rings. The van der Waals surface area contributed by atoms with Crippen LogP contribution in [0, 0.1) is 0 Å². The first-order valence-electron chi connectivity index (χ1n) is 8.76. The highest BCUT2D eigenvalue weighted by atomic mass is 32.1. The van der Waals surface area contributed by atoms with Crippen LogP contribution in [0.3, 0.4) is 0 Å². The summed E-state index contributed by atoms with van der Waals surface area (Å²) in [4.78, 5) is 10.7. The lowest BCUT2D eigenvalue weighted by atomic mass is 10.2. The number of benzene rings is 2. The second-order valence-electron chi connectivity index (χ2n) is 6.02. The summed E-state index contributed by atoms with van der Waals surface area (Å²) in [5.41, 5.74) is 1.82. The van der Waals surface area contributed by atoms with Crippen LogP contribution in [-0.2, 0) is 6.42 Å². The number of hydrogen-bond acceptors (Lipinski definition) is 6. The first-order chi connectivity index (χ1) is 13.3. The Morgan fingerprint density at radius 2 is 1.81 bits per heavy atom. The molecule has 136 valence electrons. The lowest BCUT2D eigenvalue weighted by Gasteiger charge is -2.12. The van der Waals surface area contributed by atoms with E-state index in [1.807, 2.05) is 48.5 Å². The maximum Gasteiger partial charge on any atom is 0.229 e. The Labute approximate surface area is 162 Å². The van der Waals surface area contributed by atoms with Crippen molar-refractivity contribution >= 4 is 39.7 Å². The van der Waals surface area contributed by atoms with Crippen molar-refractivity contribution in [1.29, 1.82) is 0 Å². The van der Waals surface area contributed by atoms with E-state index in [4.69, 9.17) is 9.72 Å². The quantitative estimate of drug-likeness (QED) is 0.470.